The lowest BCUT2D eigenvalue weighted by atomic mass is 9.97. The number of nitrogens with two attached hydrogens (primary N) is 3. The molecule has 14 N–H and O–H groups in total. The molecule has 24 heteroatoms. The van der Waals surface area contributed by atoms with Gasteiger partial charge in [0.15, 0.2) is 5.75 Å². The second kappa shape index (κ2) is 25.4. The molecular weight excluding hydrogens is 879 g/mol. The summed E-state index contributed by atoms with van der Waals surface area (Å²) in [6, 6.07) is 1.47. The number of nitrogen functional groups attached to an aromatic ring is 1. The number of likely N-dealkylation sites (tertiary alicyclic amines) is 1. The van der Waals surface area contributed by atoms with Crippen molar-refractivity contribution in [2.45, 2.75) is 128 Å². The number of nitrogens with one attached hydrogen (secondary N) is 6. The Morgan fingerprint density at radius 3 is 2.07 bits per heavy atom. The van der Waals surface area contributed by atoms with Gasteiger partial charge >= 0.3 is 11.7 Å². The van der Waals surface area contributed by atoms with E-state index >= 15 is 0 Å². The van der Waals surface area contributed by atoms with Crippen molar-refractivity contribution in [2.24, 2.45) is 17.4 Å². The number of hydrogen-bond donors (Lipinski definition) is 11. The Morgan fingerprint density at radius 2 is 1.46 bits per heavy atom. The smallest absolute Gasteiger partial charge is 0.310 e. The van der Waals surface area contributed by atoms with Crippen molar-refractivity contribution >= 4 is 64.6 Å². The van der Waals surface area contributed by atoms with Crippen LogP contribution >= 0.6 is 0 Å². The Morgan fingerprint density at radius 1 is 0.821 bits per heavy atom. The molecule has 366 valence electrons. The first-order valence-electron chi connectivity index (χ1n) is 21.7. The number of primary amides is 2. The Labute approximate surface area is 386 Å². The molecule has 67 heavy (non-hydrogen) atoms. The van der Waals surface area contributed by atoms with Crippen molar-refractivity contribution < 1.29 is 58.3 Å². The number of carbonyl (C=O) groups is 9. The largest absolute Gasteiger partial charge is 0.502 e. The molecule has 1 heterocycles. The average Bonchev–Trinajstić information content (AvgIpc) is 3.77. The summed E-state index contributed by atoms with van der Waals surface area (Å²) in [5.74, 6) is -8.69. The van der Waals surface area contributed by atoms with Crippen LogP contribution in [-0.2, 0) is 56.1 Å². The van der Waals surface area contributed by atoms with Gasteiger partial charge in [0.25, 0.3) is 0 Å². The Kier molecular flexibility index (Phi) is 20.4. The fourth-order valence-electron chi connectivity index (χ4n) is 7.20. The van der Waals surface area contributed by atoms with Crippen LogP contribution in [0.2, 0.25) is 0 Å². The first-order valence-corrected chi connectivity index (χ1v) is 21.7. The maximum Gasteiger partial charge on any atom is 0.310 e. The highest BCUT2D eigenvalue weighted by molar-refractivity contribution is 5.97. The zero-order valence-corrected chi connectivity index (χ0v) is 37.7. The molecule has 2 aromatic rings. The SMILES string of the molecule is CC[C@H](C)[C@H](NC(=O)[C@H](CCC(N)=O)NCc1ccccc1N)C(=O)N[C@@H](C)C(=O)N[C@@H](C)C(=O)N1CCC[C@H]1C(=O)N[C@@H](Cc1ccc(O)c([N+](=O)[O-])c1)C(=O)N[C@@H](CCC(=O)O)C(N)=O. The molecule has 0 saturated carbocycles. The van der Waals surface area contributed by atoms with E-state index in [0.717, 1.165) is 12.1 Å². The van der Waals surface area contributed by atoms with Crippen LogP contribution in [0.25, 0.3) is 0 Å². The van der Waals surface area contributed by atoms with Gasteiger partial charge < -0.3 is 64.2 Å². The third kappa shape index (κ3) is 16.2. The number of carbonyl (C=O) groups excluding carboxylic acids is 8. The lowest BCUT2D eigenvalue weighted by molar-refractivity contribution is -0.385. The number of para-hydroxylation sites is 1. The Hall–Kier alpha value is -7.37. The fourth-order valence-corrected chi connectivity index (χ4v) is 7.20. The molecule has 0 aromatic heterocycles. The molecule has 0 spiro atoms. The van der Waals surface area contributed by atoms with E-state index in [2.05, 4.69) is 31.9 Å². The van der Waals surface area contributed by atoms with Gasteiger partial charge in [0.05, 0.1) is 11.0 Å². The zero-order valence-electron chi connectivity index (χ0n) is 37.7. The fraction of sp³-hybridized carbons (Fsp3) is 0.512. The molecule has 8 amide bonds. The molecular formula is C43H61N11O13. The molecule has 0 aliphatic carbocycles. The van der Waals surface area contributed by atoms with Crippen LogP contribution in [0.3, 0.4) is 0 Å². The number of rotatable bonds is 26. The highest BCUT2D eigenvalue weighted by atomic mass is 16.6. The quantitative estimate of drug-likeness (QED) is 0.0297. The number of nitro groups is 1. The monoisotopic (exact) mass is 939 g/mol. The summed E-state index contributed by atoms with van der Waals surface area (Å²) in [6.45, 7) is 6.49. The molecule has 1 aliphatic rings. The summed E-state index contributed by atoms with van der Waals surface area (Å²) in [5, 5.41) is 46.3. The molecule has 0 radical (unpaired) electrons. The summed E-state index contributed by atoms with van der Waals surface area (Å²) < 4.78 is 0. The maximum atomic E-state index is 13.8. The van der Waals surface area contributed by atoms with Gasteiger partial charge in [-0.25, -0.2) is 0 Å². The topological polar surface area (TPSA) is 391 Å². The Balaban J connectivity index is 1.72. The van der Waals surface area contributed by atoms with Gasteiger partial charge in [-0.2, -0.15) is 0 Å². The lowest BCUT2D eigenvalue weighted by Gasteiger charge is -2.30. The molecule has 1 saturated heterocycles. The maximum absolute atomic E-state index is 13.8. The number of phenols is 1. The normalized spacial score (nSPS) is 16.4. The van der Waals surface area contributed by atoms with Crippen LogP contribution in [0.15, 0.2) is 42.5 Å². The van der Waals surface area contributed by atoms with Gasteiger partial charge in [-0.3, -0.25) is 53.3 Å². The van der Waals surface area contributed by atoms with Crippen molar-refractivity contribution in [1.82, 2.24) is 36.8 Å². The van der Waals surface area contributed by atoms with Gasteiger partial charge in [-0.15, -0.1) is 0 Å². The summed E-state index contributed by atoms with van der Waals surface area (Å²) in [5.41, 5.74) is 17.4. The van der Waals surface area contributed by atoms with Crippen LogP contribution in [0.1, 0.15) is 83.8 Å². The minimum atomic E-state index is -1.56. The van der Waals surface area contributed by atoms with Crippen LogP contribution in [0.5, 0.6) is 5.75 Å². The van der Waals surface area contributed by atoms with Crippen LogP contribution in [0, 0.1) is 16.0 Å². The summed E-state index contributed by atoms with van der Waals surface area (Å²) in [6.07, 6.45) is -0.571. The molecule has 3 rings (SSSR count). The number of hydrogen-bond acceptors (Lipinski definition) is 14. The van der Waals surface area contributed by atoms with E-state index in [-0.39, 0.29) is 37.9 Å². The van der Waals surface area contributed by atoms with E-state index in [1.165, 1.54) is 24.8 Å². The van der Waals surface area contributed by atoms with E-state index in [1.807, 2.05) is 0 Å². The molecule has 1 fully saturated rings. The molecule has 2 aromatic carbocycles. The third-order valence-electron chi connectivity index (χ3n) is 11.3. The lowest BCUT2D eigenvalue weighted by Crippen LogP contribution is -2.59. The number of anilines is 1. The van der Waals surface area contributed by atoms with Crippen LogP contribution < -0.4 is 49.1 Å². The minimum absolute atomic E-state index is 0.0169. The van der Waals surface area contributed by atoms with Crippen LogP contribution in [-0.4, -0.2) is 122 Å². The van der Waals surface area contributed by atoms with E-state index in [4.69, 9.17) is 22.3 Å². The molecule has 1 aliphatic heterocycles. The van der Waals surface area contributed by atoms with Gasteiger partial charge in [-0.1, -0.05) is 44.5 Å². The van der Waals surface area contributed by atoms with Crippen molar-refractivity contribution in [3.8, 4) is 5.75 Å². The van der Waals surface area contributed by atoms with E-state index < -0.39 is 137 Å². The van der Waals surface area contributed by atoms with Crippen molar-refractivity contribution in [3.05, 3.63) is 63.7 Å². The minimum Gasteiger partial charge on any atom is -0.502 e. The first-order chi connectivity index (χ1) is 31.5. The molecule has 0 bridgehead atoms. The predicted molar refractivity (Wildman–Crippen MR) is 240 cm³/mol. The predicted octanol–water partition coefficient (Wildman–Crippen LogP) is -1.30. The van der Waals surface area contributed by atoms with Gasteiger partial charge in [-0.05, 0) is 68.7 Å². The molecule has 24 nitrogen and oxygen atoms in total. The standard InChI is InChI=1S/C43H61N11O13/c1-5-22(2)36(52-39(61)29(13-16-34(45)56)47-21-26-9-6-7-10-27(26)44)42(64)48-23(3)38(60)49-24(4)43(65)53-18-8-11-31(53)41(63)51-30(19-25-12-15-33(55)32(20-25)54(66)67)40(62)50-28(37(46)59)14-17-35(57)58/h6-7,9-10,12,15,20,22-24,28-31,36,47,55H,5,8,11,13-14,16-19,21,44H2,1-4H3,(H2,45,56)(H2,46,59)(H,48,64)(H,49,60)(H,50,62)(H,51,63)(H,52,61)(H,57,58)/t22-,23-,24-,28-,29-,30-,31-,36-/m0/s1. The Bertz CT molecular complexity index is 2170. The van der Waals surface area contributed by atoms with Crippen LogP contribution in [0.4, 0.5) is 11.4 Å². The number of nitrogens with zero attached hydrogens (tertiary/aromatic N) is 2. The number of carboxylic acids is 1. The zero-order chi connectivity index (χ0) is 50.1. The van der Waals surface area contributed by atoms with Gasteiger partial charge in [0.1, 0.15) is 36.3 Å². The van der Waals surface area contributed by atoms with Gasteiger partial charge in [0.2, 0.25) is 47.3 Å². The van der Waals surface area contributed by atoms with Crippen molar-refractivity contribution in [1.29, 1.82) is 0 Å². The number of aromatic hydroxyl groups is 1. The summed E-state index contributed by atoms with van der Waals surface area (Å²) >= 11 is 0. The number of nitro benzene ring substituents is 1. The highest BCUT2D eigenvalue weighted by Gasteiger charge is 2.39. The number of amides is 8. The number of carboxylic acid groups (broad SMARTS) is 1. The second-order valence-electron chi connectivity index (χ2n) is 16.4. The van der Waals surface area contributed by atoms with E-state index in [0.29, 0.717) is 24.1 Å². The summed E-state index contributed by atoms with van der Waals surface area (Å²) in [4.78, 5) is 129. The van der Waals surface area contributed by atoms with Crippen molar-refractivity contribution in [3.63, 3.8) is 0 Å². The average molecular weight is 940 g/mol. The second-order valence-corrected chi connectivity index (χ2v) is 16.4. The van der Waals surface area contributed by atoms with Crippen molar-refractivity contribution in [2.75, 3.05) is 12.3 Å². The number of aliphatic carboxylic acids is 1. The first kappa shape index (κ1) is 54.0. The third-order valence-corrected chi connectivity index (χ3v) is 11.3. The van der Waals surface area contributed by atoms with E-state index in [1.54, 1.807) is 38.1 Å². The molecule has 0 unspecified atom stereocenters. The van der Waals surface area contributed by atoms with Gasteiger partial charge in [0, 0.05) is 44.1 Å². The number of benzene rings is 2. The number of phenolic OH excluding ortho intramolecular Hbond substituents is 1. The highest BCUT2D eigenvalue weighted by Crippen LogP contribution is 2.27. The van der Waals surface area contributed by atoms with E-state index in [9.17, 15) is 58.4 Å². The molecule has 8 atom stereocenters. The summed E-state index contributed by atoms with van der Waals surface area (Å²) in [7, 11) is 0.